The summed E-state index contributed by atoms with van der Waals surface area (Å²) in [6, 6.07) is 24.4. The Bertz CT molecular complexity index is 1490. The van der Waals surface area contributed by atoms with Crippen LogP contribution in [0.4, 0.5) is 0 Å². The number of benzene rings is 3. The molecule has 0 amide bonds. The Hall–Kier alpha value is -3.05. The van der Waals surface area contributed by atoms with Crippen LogP contribution in [0.3, 0.4) is 0 Å². The van der Waals surface area contributed by atoms with Crippen LogP contribution in [-0.4, -0.2) is 52.2 Å². The smallest absolute Gasteiger partial charge is 0.193 e. The highest BCUT2D eigenvalue weighted by Crippen LogP contribution is 2.59. The van der Waals surface area contributed by atoms with Gasteiger partial charge in [0, 0.05) is 23.1 Å². The molecule has 2 fully saturated rings. The van der Waals surface area contributed by atoms with E-state index in [1.54, 1.807) is 0 Å². The fraction of sp³-hybridized carbons (Fsp3) is 0.475. The molecule has 44 heavy (non-hydrogen) atoms. The lowest BCUT2D eigenvalue weighted by atomic mass is 9.64. The molecule has 3 aromatic rings. The van der Waals surface area contributed by atoms with Crippen molar-refractivity contribution in [1.82, 2.24) is 4.90 Å². The molecule has 1 saturated carbocycles. The first-order chi connectivity index (χ1) is 21.3. The molecule has 2 N–H and O–H groups in total. The van der Waals surface area contributed by atoms with Gasteiger partial charge in [-0.25, -0.2) is 0 Å². The van der Waals surface area contributed by atoms with Crippen LogP contribution in [0.15, 0.2) is 84.4 Å². The maximum absolute atomic E-state index is 14.7. The fourth-order valence-corrected chi connectivity index (χ4v) is 8.38. The predicted octanol–water partition coefficient (Wildman–Crippen LogP) is 8.11. The van der Waals surface area contributed by atoms with Crippen LogP contribution >= 0.6 is 0 Å². The number of carbonyl (C=O) groups is 1. The average Bonchev–Trinajstić information content (AvgIpc) is 3.29. The van der Waals surface area contributed by atoms with Crippen LogP contribution in [0, 0.1) is 5.41 Å². The zero-order valence-electron chi connectivity index (χ0n) is 26.6. The predicted molar refractivity (Wildman–Crippen MR) is 179 cm³/mol. The number of rotatable bonds is 5. The van der Waals surface area contributed by atoms with E-state index in [0.717, 1.165) is 73.0 Å². The molecule has 1 aliphatic heterocycles. The molecular formula is C40H49NO3. The minimum Gasteiger partial charge on any atom is -0.393 e. The number of likely N-dealkylation sites (tertiary alicyclic amines) is 1. The van der Waals surface area contributed by atoms with Crippen LogP contribution in [0.25, 0.3) is 11.1 Å². The number of hydrogen-bond acceptors (Lipinski definition) is 4. The summed E-state index contributed by atoms with van der Waals surface area (Å²) in [5, 5.41) is 23.6. The number of nitrogens with zero attached hydrogens (tertiary/aromatic N) is 1. The number of fused-ring (bicyclic) bond motifs is 8. The van der Waals surface area contributed by atoms with Gasteiger partial charge in [0.15, 0.2) is 5.78 Å². The van der Waals surface area contributed by atoms with E-state index in [2.05, 4.69) is 55.2 Å². The summed E-state index contributed by atoms with van der Waals surface area (Å²) in [4.78, 5) is 17.2. The van der Waals surface area contributed by atoms with Crippen molar-refractivity contribution < 1.29 is 15.0 Å². The Morgan fingerprint density at radius 1 is 0.909 bits per heavy atom. The van der Waals surface area contributed by atoms with Gasteiger partial charge < -0.3 is 15.1 Å². The van der Waals surface area contributed by atoms with E-state index in [4.69, 9.17) is 0 Å². The van der Waals surface area contributed by atoms with Crippen molar-refractivity contribution in [1.29, 1.82) is 0 Å². The summed E-state index contributed by atoms with van der Waals surface area (Å²) >= 11 is 0. The number of β-amino-alcohol motifs (C(OH)–C–C–N with tert-alkyl or cyclic N) is 1. The van der Waals surface area contributed by atoms with Gasteiger partial charge in [-0.1, -0.05) is 91.7 Å². The SMILES string of the molecule is CC1=CCC[C@@]2(C)[C@@H](CC[C@@]2(O)CN2CCCCC2)c2ccc(cc2C(=O)c2ccccc2-c2ccccc2)C[C@@H](O)CC1. The number of aliphatic hydroxyl groups excluding tert-OH is 1. The number of carbonyl (C=O) groups excluding carboxylic acids is 1. The Labute approximate surface area is 263 Å². The third kappa shape index (κ3) is 6.22. The second-order valence-electron chi connectivity index (χ2n) is 14.0. The van der Waals surface area contributed by atoms with E-state index in [1.807, 2.05) is 42.5 Å². The van der Waals surface area contributed by atoms with E-state index >= 15 is 0 Å². The molecule has 4 heteroatoms. The van der Waals surface area contributed by atoms with Crippen molar-refractivity contribution in [3.8, 4) is 11.1 Å². The minimum absolute atomic E-state index is 0.0208. The molecule has 7 rings (SSSR count). The largest absolute Gasteiger partial charge is 0.393 e. The van der Waals surface area contributed by atoms with Crippen LogP contribution in [-0.2, 0) is 6.42 Å². The summed E-state index contributed by atoms with van der Waals surface area (Å²) in [6.45, 7) is 7.28. The number of hydrogen-bond donors (Lipinski definition) is 2. The first-order valence-electron chi connectivity index (χ1n) is 16.9. The number of ketones is 1. The van der Waals surface area contributed by atoms with Gasteiger partial charge in [0.1, 0.15) is 0 Å². The molecule has 0 aromatic heterocycles. The highest BCUT2D eigenvalue weighted by molar-refractivity contribution is 6.13. The first kappa shape index (κ1) is 31.0. The highest BCUT2D eigenvalue weighted by atomic mass is 16.3. The zero-order valence-corrected chi connectivity index (χ0v) is 26.6. The van der Waals surface area contributed by atoms with Gasteiger partial charge in [-0.05, 0) is 112 Å². The molecule has 4 aliphatic rings. The standard InChI is InChI=1S/C40H49NO3/c1-29-12-11-22-39(2)37(21-23-40(39,44)28-41-24-9-4-10-25-41)34-20-18-30(26-32(42)19-17-29)27-36(34)38(43)35-16-8-7-15-33(35)31-13-5-3-6-14-31/h3,5-8,12-16,18,20,27,32,37,42,44H,4,9-11,17,19,21-26,28H2,1-2H3/t32-,37-,39-,40+/m0/s1. The topological polar surface area (TPSA) is 60.8 Å². The van der Waals surface area contributed by atoms with Gasteiger partial charge in [0.25, 0.3) is 0 Å². The summed E-state index contributed by atoms with van der Waals surface area (Å²) < 4.78 is 0. The van der Waals surface area contributed by atoms with Crippen LogP contribution < -0.4 is 0 Å². The fourth-order valence-electron chi connectivity index (χ4n) is 8.38. The summed E-state index contributed by atoms with van der Waals surface area (Å²) in [5.41, 5.74) is 5.50. The maximum atomic E-state index is 14.7. The molecule has 3 aliphatic carbocycles. The summed E-state index contributed by atoms with van der Waals surface area (Å²) in [6.07, 6.45) is 10.9. The van der Waals surface area contributed by atoms with E-state index < -0.39 is 11.7 Å². The third-order valence-electron chi connectivity index (χ3n) is 11.1. The Morgan fingerprint density at radius 2 is 1.66 bits per heavy atom. The van der Waals surface area contributed by atoms with Gasteiger partial charge in [0.05, 0.1) is 11.7 Å². The quantitative estimate of drug-likeness (QED) is 0.232. The van der Waals surface area contributed by atoms with Gasteiger partial charge in [-0.2, -0.15) is 0 Å². The van der Waals surface area contributed by atoms with Crippen molar-refractivity contribution in [3.05, 3.63) is 107 Å². The van der Waals surface area contributed by atoms with E-state index in [9.17, 15) is 15.0 Å². The molecule has 2 bridgehead atoms. The molecule has 232 valence electrons. The van der Waals surface area contributed by atoms with Crippen molar-refractivity contribution >= 4 is 5.78 Å². The zero-order chi connectivity index (χ0) is 30.7. The van der Waals surface area contributed by atoms with Crippen LogP contribution in [0.2, 0.25) is 0 Å². The van der Waals surface area contributed by atoms with Crippen molar-refractivity contribution in [2.45, 2.75) is 95.7 Å². The molecular weight excluding hydrogens is 542 g/mol. The third-order valence-corrected chi connectivity index (χ3v) is 11.1. The Morgan fingerprint density at radius 3 is 2.45 bits per heavy atom. The van der Waals surface area contributed by atoms with Crippen LogP contribution in [0.1, 0.15) is 105 Å². The second kappa shape index (κ2) is 13.1. The minimum atomic E-state index is -0.828. The monoisotopic (exact) mass is 591 g/mol. The number of allylic oxidation sites excluding steroid dienone is 2. The van der Waals surface area contributed by atoms with Gasteiger partial charge in [-0.15, -0.1) is 0 Å². The maximum Gasteiger partial charge on any atom is 0.193 e. The lowest BCUT2D eigenvalue weighted by Crippen LogP contribution is -2.53. The molecule has 1 heterocycles. The Kier molecular flexibility index (Phi) is 9.23. The van der Waals surface area contributed by atoms with E-state index in [1.165, 1.54) is 24.8 Å². The molecule has 4 nitrogen and oxygen atoms in total. The van der Waals surface area contributed by atoms with Crippen molar-refractivity contribution in [2.24, 2.45) is 5.41 Å². The van der Waals surface area contributed by atoms with Crippen LogP contribution in [0.5, 0.6) is 0 Å². The molecule has 0 radical (unpaired) electrons. The number of aliphatic hydroxyl groups is 2. The van der Waals surface area contributed by atoms with Gasteiger partial charge >= 0.3 is 0 Å². The molecule has 4 atom stereocenters. The van der Waals surface area contributed by atoms with Gasteiger partial charge in [0.2, 0.25) is 0 Å². The van der Waals surface area contributed by atoms with Gasteiger partial charge in [-0.3, -0.25) is 4.79 Å². The first-order valence-corrected chi connectivity index (χ1v) is 16.9. The van der Waals surface area contributed by atoms with Crippen molar-refractivity contribution in [3.63, 3.8) is 0 Å². The second-order valence-corrected chi connectivity index (χ2v) is 14.0. The van der Waals surface area contributed by atoms with E-state index in [0.29, 0.717) is 24.9 Å². The number of piperidine rings is 1. The lowest BCUT2D eigenvalue weighted by Gasteiger charge is -2.46. The normalized spacial score (nSPS) is 28.2. The Balaban J connectivity index is 1.46. The van der Waals surface area contributed by atoms with Crippen molar-refractivity contribution in [2.75, 3.05) is 19.6 Å². The van der Waals surface area contributed by atoms with E-state index in [-0.39, 0.29) is 17.1 Å². The molecule has 0 unspecified atom stereocenters. The highest BCUT2D eigenvalue weighted by Gasteiger charge is 2.57. The summed E-state index contributed by atoms with van der Waals surface area (Å²) in [5.74, 6) is 0.0724. The summed E-state index contributed by atoms with van der Waals surface area (Å²) in [7, 11) is 0. The molecule has 0 spiro atoms. The molecule has 1 saturated heterocycles. The lowest BCUT2D eigenvalue weighted by molar-refractivity contribution is -0.0857. The average molecular weight is 592 g/mol. The molecule has 3 aromatic carbocycles.